The van der Waals surface area contributed by atoms with E-state index in [4.69, 9.17) is 9.84 Å². The van der Waals surface area contributed by atoms with Crippen molar-refractivity contribution >= 4 is 23.1 Å². The zero-order valence-corrected chi connectivity index (χ0v) is 20.6. The fourth-order valence-corrected chi connectivity index (χ4v) is 4.85. The molecule has 2 aromatic carbocycles. The highest BCUT2D eigenvalue weighted by Crippen LogP contribution is 2.40. The second-order valence-corrected chi connectivity index (χ2v) is 9.61. The molecule has 0 bridgehead atoms. The quantitative estimate of drug-likeness (QED) is 0.319. The normalized spacial score (nSPS) is 12.6. The number of Topliss-reactive ketones (excluding diaryl/α,β-unsaturated/α-hetero) is 1. The summed E-state index contributed by atoms with van der Waals surface area (Å²) >= 11 is 1.18. The smallest absolute Gasteiger partial charge is 0.417 e. The number of carbonyl (C=O) groups excluding carboxylic acids is 1. The van der Waals surface area contributed by atoms with Gasteiger partial charge in [0.1, 0.15) is 10.8 Å². The Bertz CT molecular complexity index is 1230. The van der Waals surface area contributed by atoms with E-state index in [9.17, 15) is 22.8 Å². The van der Waals surface area contributed by atoms with Gasteiger partial charge in [0.2, 0.25) is 0 Å². The highest BCUT2D eigenvalue weighted by atomic mass is 32.1. The van der Waals surface area contributed by atoms with Gasteiger partial charge in [-0.05, 0) is 56.0 Å². The average Bonchev–Trinajstić information content (AvgIpc) is 3.22. The van der Waals surface area contributed by atoms with Gasteiger partial charge in [-0.15, -0.1) is 11.3 Å². The van der Waals surface area contributed by atoms with E-state index in [0.29, 0.717) is 29.0 Å². The third kappa shape index (κ3) is 6.28. The number of aromatic nitrogens is 1. The van der Waals surface area contributed by atoms with Crippen molar-refractivity contribution in [3.8, 4) is 16.3 Å². The molecule has 0 aliphatic carbocycles. The Kier molecular flexibility index (Phi) is 8.00. The van der Waals surface area contributed by atoms with Crippen molar-refractivity contribution in [3.05, 3.63) is 69.7 Å². The molecular weight excluding hydrogens is 479 g/mol. The molecule has 1 heterocycles. The second-order valence-electron chi connectivity index (χ2n) is 8.53. The van der Waals surface area contributed by atoms with Gasteiger partial charge in [0.15, 0.2) is 11.9 Å². The number of aryl methyl sites for hydroxylation is 2. The summed E-state index contributed by atoms with van der Waals surface area (Å²) in [6.45, 7) is 6.98. The first kappa shape index (κ1) is 26.4. The molecule has 0 amide bonds. The number of aliphatic carboxylic acids is 1. The van der Waals surface area contributed by atoms with Crippen LogP contribution >= 0.6 is 11.3 Å². The fraction of sp³-hybridized carbons (Fsp3) is 0.346. The number of alkyl halides is 3. The minimum absolute atomic E-state index is 0.0157. The molecule has 3 rings (SSSR count). The van der Waals surface area contributed by atoms with Crippen LogP contribution in [-0.4, -0.2) is 27.9 Å². The fourth-order valence-electron chi connectivity index (χ4n) is 3.59. The molecule has 1 unspecified atom stereocenters. The van der Waals surface area contributed by atoms with Crippen molar-refractivity contribution in [1.29, 1.82) is 0 Å². The summed E-state index contributed by atoms with van der Waals surface area (Å²) in [5.74, 6) is -0.856. The highest BCUT2D eigenvalue weighted by molar-refractivity contribution is 7.15. The Morgan fingerprint density at radius 1 is 1.11 bits per heavy atom. The van der Waals surface area contributed by atoms with Gasteiger partial charge in [-0.25, -0.2) is 9.78 Å². The van der Waals surface area contributed by atoms with Crippen molar-refractivity contribution in [2.75, 3.05) is 0 Å². The first-order valence-electron chi connectivity index (χ1n) is 11.1. The van der Waals surface area contributed by atoms with Crippen LogP contribution in [0.1, 0.15) is 65.2 Å². The number of ketones is 1. The lowest BCUT2D eigenvalue weighted by Crippen LogP contribution is -2.23. The number of benzene rings is 2. The molecule has 0 spiro atoms. The number of carboxylic acids is 1. The minimum Gasteiger partial charge on any atom is -0.479 e. The molecule has 3 aromatic rings. The molecule has 186 valence electrons. The molecule has 9 heteroatoms. The molecule has 0 saturated heterocycles. The first-order valence-corrected chi connectivity index (χ1v) is 11.9. The Balaban J connectivity index is 1.81. The van der Waals surface area contributed by atoms with Gasteiger partial charge in [0, 0.05) is 22.4 Å². The van der Waals surface area contributed by atoms with Gasteiger partial charge >= 0.3 is 12.1 Å². The van der Waals surface area contributed by atoms with E-state index < -0.39 is 23.8 Å². The van der Waals surface area contributed by atoms with Crippen molar-refractivity contribution in [1.82, 2.24) is 4.98 Å². The Labute approximate surface area is 205 Å². The third-order valence-corrected chi connectivity index (χ3v) is 6.63. The summed E-state index contributed by atoms with van der Waals surface area (Å²) < 4.78 is 45.9. The van der Waals surface area contributed by atoms with Crippen LogP contribution in [0.3, 0.4) is 0 Å². The molecule has 0 aliphatic heterocycles. The predicted octanol–water partition coefficient (Wildman–Crippen LogP) is 6.93. The van der Waals surface area contributed by atoms with Crippen LogP contribution in [0, 0.1) is 6.92 Å². The van der Waals surface area contributed by atoms with Gasteiger partial charge in [-0.2, -0.15) is 13.2 Å². The lowest BCUT2D eigenvalue weighted by molar-refractivity contribution is -0.144. The zero-order chi connectivity index (χ0) is 25.9. The molecule has 1 aromatic heterocycles. The Morgan fingerprint density at radius 2 is 1.80 bits per heavy atom. The number of hydrogen-bond donors (Lipinski definition) is 1. The average molecular weight is 506 g/mol. The summed E-state index contributed by atoms with van der Waals surface area (Å²) in [4.78, 5) is 29.2. The topological polar surface area (TPSA) is 76.5 Å². The van der Waals surface area contributed by atoms with Crippen molar-refractivity contribution in [3.63, 3.8) is 0 Å². The van der Waals surface area contributed by atoms with Crippen molar-refractivity contribution in [2.45, 2.75) is 58.7 Å². The van der Waals surface area contributed by atoms with E-state index in [-0.39, 0.29) is 28.7 Å². The molecule has 0 saturated carbocycles. The monoisotopic (exact) mass is 505 g/mol. The lowest BCUT2D eigenvalue weighted by atomic mass is 10.0. The van der Waals surface area contributed by atoms with E-state index in [1.165, 1.54) is 30.4 Å². The molecule has 1 N–H and O–H groups in total. The largest absolute Gasteiger partial charge is 0.479 e. The van der Waals surface area contributed by atoms with E-state index >= 15 is 0 Å². The number of halogens is 3. The summed E-state index contributed by atoms with van der Waals surface area (Å²) in [6.07, 6.45) is -5.00. The van der Waals surface area contributed by atoms with Gasteiger partial charge in [0.05, 0.1) is 11.3 Å². The van der Waals surface area contributed by atoms with Crippen LogP contribution in [0.2, 0.25) is 0 Å². The number of rotatable bonds is 9. The Hall–Kier alpha value is -3.20. The number of carbonyl (C=O) groups is 2. The predicted molar refractivity (Wildman–Crippen MR) is 128 cm³/mol. The number of nitrogens with zero attached hydrogens (tertiary/aromatic N) is 1. The summed E-state index contributed by atoms with van der Waals surface area (Å²) in [5.41, 5.74) is 1.08. The first-order chi connectivity index (χ1) is 16.4. The van der Waals surface area contributed by atoms with E-state index in [1.54, 1.807) is 31.2 Å². The maximum absolute atomic E-state index is 13.5. The number of carboxylic acid groups (broad SMARTS) is 1. The van der Waals surface area contributed by atoms with Crippen LogP contribution in [-0.2, 0) is 17.4 Å². The van der Waals surface area contributed by atoms with Crippen LogP contribution < -0.4 is 4.74 Å². The molecule has 1 atom stereocenters. The van der Waals surface area contributed by atoms with Crippen LogP contribution in [0.15, 0.2) is 42.5 Å². The van der Waals surface area contributed by atoms with Gasteiger partial charge in [-0.3, -0.25) is 4.79 Å². The van der Waals surface area contributed by atoms with Gasteiger partial charge in [-0.1, -0.05) is 32.0 Å². The third-order valence-electron chi connectivity index (χ3n) is 5.46. The van der Waals surface area contributed by atoms with Crippen molar-refractivity contribution < 1.29 is 32.6 Å². The molecular formula is C26H26F3NO4S. The van der Waals surface area contributed by atoms with Gasteiger partial charge in [0.25, 0.3) is 0 Å². The molecule has 35 heavy (non-hydrogen) atoms. The van der Waals surface area contributed by atoms with Crippen LogP contribution in [0.5, 0.6) is 5.75 Å². The van der Waals surface area contributed by atoms with Gasteiger partial charge < -0.3 is 9.84 Å². The number of hydrogen-bond acceptors (Lipinski definition) is 5. The molecule has 0 fully saturated rings. The van der Waals surface area contributed by atoms with E-state index in [1.807, 2.05) is 13.8 Å². The Morgan fingerprint density at radius 3 is 2.40 bits per heavy atom. The second kappa shape index (κ2) is 10.6. The number of ether oxygens (including phenoxy) is 1. The van der Waals surface area contributed by atoms with Crippen molar-refractivity contribution in [2.24, 2.45) is 0 Å². The summed E-state index contributed by atoms with van der Waals surface area (Å²) in [6, 6.07) is 10.2. The summed E-state index contributed by atoms with van der Waals surface area (Å²) in [7, 11) is 0. The molecule has 0 radical (unpaired) electrons. The lowest BCUT2D eigenvalue weighted by Gasteiger charge is -2.13. The standard InChI is InChI=1S/C26H26F3NO4S/c1-14(2)23-22(35-24(30-23)18-7-5-6-8-19(18)26(27,28)29)12-10-20(31)17-9-11-21(15(3)13-17)34-16(4)25(32)33/h5-9,11,13-14,16H,10,12H2,1-4H3,(H,32,33). The zero-order valence-electron chi connectivity index (χ0n) is 19.8. The SMILES string of the molecule is Cc1cc(C(=O)CCc2sc(-c3ccccc3C(F)(F)F)nc2C(C)C)ccc1OC(C)C(=O)O. The maximum atomic E-state index is 13.5. The highest BCUT2D eigenvalue weighted by Gasteiger charge is 2.34. The maximum Gasteiger partial charge on any atom is 0.417 e. The van der Waals surface area contributed by atoms with Crippen LogP contribution in [0.4, 0.5) is 13.2 Å². The van der Waals surface area contributed by atoms with E-state index in [2.05, 4.69) is 4.98 Å². The molecule has 0 aliphatic rings. The molecule has 5 nitrogen and oxygen atoms in total. The number of thiazole rings is 1. The van der Waals surface area contributed by atoms with Crippen LogP contribution in [0.25, 0.3) is 10.6 Å². The summed E-state index contributed by atoms with van der Waals surface area (Å²) in [5, 5.41) is 9.29. The van der Waals surface area contributed by atoms with E-state index in [0.717, 1.165) is 10.9 Å². The minimum atomic E-state index is -4.49.